The van der Waals surface area contributed by atoms with E-state index in [1.54, 1.807) is 0 Å². The summed E-state index contributed by atoms with van der Waals surface area (Å²) in [6.45, 7) is 3.70. The summed E-state index contributed by atoms with van der Waals surface area (Å²) in [4.78, 5) is 11.9. The fourth-order valence-corrected chi connectivity index (χ4v) is 1.89. The molecule has 0 atom stereocenters. The number of carbonyl (C=O) groups excluding carboxylic acids is 1. The van der Waals surface area contributed by atoms with Crippen molar-refractivity contribution in [2.75, 3.05) is 13.1 Å². The molecular formula is C15H17NO. The lowest BCUT2D eigenvalue weighted by atomic mass is 10.0. The first kappa shape index (κ1) is 11.8. The number of ketones is 1. The number of hydrogen-bond acceptors (Lipinski definition) is 2. The van der Waals surface area contributed by atoms with Crippen LogP contribution in [-0.2, 0) is 0 Å². The third-order valence-electron chi connectivity index (χ3n) is 2.85. The van der Waals surface area contributed by atoms with Crippen LogP contribution >= 0.6 is 0 Å². The average molecular weight is 227 g/mol. The third kappa shape index (κ3) is 2.92. The minimum absolute atomic E-state index is 0.205. The average Bonchev–Trinajstić information content (AvgIpc) is 2.38. The molecule has 0 saturated heterocycles. The van der Waals surface area contributed by atoms with E-state index in [4.69, 9.17) is 0 Å². The minimum atomic E-state index is 0.205. The normalized spacial score (nSPS) is 10.6. The predicted octanol–water partition coefficient (Wildman–Crippen LogP) is 3.02. The molecule has 0 unspecified atom stereocenters. The molecule has 0 amide bonds. The molecule has 0 aromatic heterocycles. The first-order valence-electron chi connectivity index (χ1n) is 6.04. The highest BCUT2D eigenvalue weighted by Gasteiger charge is 2.05. The Balaban J connectivity index is 2.15. The molecule has 2 heteroatoms. The van der Waals surface area contributed by atoms with E-state index in [1.165, 1.54) is 5.39 Å². The van der Waals surface area contributed by atoms with Gasteiger partial charge in [-0.1, -0.05) is 43.3 Å². The molecule has 1 N–H and O–H groups in total. The lowest BCUT2D eigenvalue weighted by Gasteiger charge is -2.03. The Kier molecular flexibility index (Phi) is 3.89. The summed E-state index contributed by atoms with van der Waals surface area (Å²) in [5.41, 5.74) is 0.807. The molecule has 2 aromatic rings. The number of rotatable bonds is 5. The number of Topliss-reactive ketones (excluding diaryl/α,β-unsaturated/α-hetero) is 1. The van der Waals surface area contributed by atoms with Crippen LogP contribution in [0.15, 0.2) is 42.5 Å². The molecule has 17 heavy (non-hydrogen) atoms. The second-order valence-electron chi connectivity index (χ2n) is 4.09. The molecule has 0 spiro atoms. The zero-order chi connectivity index (χ0) is 12.1. The van der Waals surface area contributed by atoms with Crippen molar-refractivity contribution in [2.24, 2.45) is 0 Å². The number of fused-ring (bicyclic) bond motifs is 1. The summed E-state index contributed by atoms with van der Waals surface area (Å²) >= 11 is 0. The maximum atomic E-state index is 11.9. The van der Waals surface area contributed by atoms with Gasteiger partial charge < -0.3 is 5.32 Å². The van der Waals surface area contributed by atoms with Crippen LogP contribution in [0.25, 0.3) is 10.8 Å². The Bertz CT molecular complexity index is 519. The number of hydrogen-bond donors (Lipinski definition) is 1. The van der Waals surface area contributed by atoms with E-state index in [9.17, 15) is 4.79 Å². The van der Waals surface area contributed by atoms with Gasteiger partial charge in [0, 0.05) is 18.5 Å². The molecule has 0 bridgehead atoms. The van der Waals surface area contributed by atoms with Crippen molar-refractivity contribution in [3.05, 3.63) is 48.0 Å². The van der Waals surface area contributed by atoms with Crippen molar-refractivity contribution < 1.29 is 4.79 Å². The lowest BCUT2D eigenvalue weighted by molar-refractivity contribution is 0.0983. The zero-order valence-electron chi connectivity index (χ0n) is 10.1. The smallest absolute Gasteiger partial charge is 0.164 e. The number of carbonyl (C=O) groups is 1. The monoisotopic (exact) mass is 227 g/mol. The van der Waals surface area contributed by atoms with Crippen LogP contribution in [0.5, 0.6) is 0 Å². The Morgan fingerprint density at radius 2 is 1.88 bits per heavy atom. The van der Waals surface area contributed by atoms with Crippen LogP contribution in [0.4, 0.5) is 0 Å². The second-order valence-corrected chi connectivity index (χ2v) is 4.09. The number of benzene rings is 2. The Labute approximate surface area is 102 Å². The summed E-state index contributed by atoms with van der Waals surface area (Å²) in [5, 5.41) is 5.47. The molecular weight excluding hydrogens is 210 g/mol. The second kappa shape index (κ2) is 5.60. The fourth-order valence-electron chi connectivity index (χ4n) is 1.89. The quantitative estimate of drug-likeness (QED) is 0.628. The van der Waals surface area contributed by atoms with Crippen LogP contribution in [0.3, 0.4) is 0 Å². The van der Waals surface area contributed by atoms with Crippen molar-refractivity contribution >= 4 is 16.6 Å². The summed E-state index contributed by atoms with van der Waals surface area (Å²) < 4.78 is 0. The Hall–Kier alpha value is -1.67. The van der Waals surface area contributed by atoms with Gasteiger partial charge in [-0.15, -0.1) is 0 Å². The van der Waals surface area contributed by atoms with Crippen LogP contribution in [0.1, 0.15) is 23.7 Å². The van der Waals surface area contributed by atoms with Gasteiger partial charge in [-0.05, 0) is 23.4 Å². The molecule has 0 fully saturated rings. The van der Waals surface area contributed by atoms with Crippen LogP contribution < -0.4 is 5.32 Å². The summed E-state index contributed by atoms with van der Waals surface area (Å²) in [6.07, 6.45) is 0.562. The van der Waals surface area contributed by atoms with E-state index in [2.05, 4.69) is 11.4 Å². The molecule has 0 saturated carbocycles. The summed E-state index contributed by atoms with van der Waals surface area (Å²) in [6, 6.07) is 14.0. The molecule has 2 rings (SSSR count). The molecule has 0 aliphatic rings. The van der Waals surface area contributed by atoms with Gasteiger partial charge in [0.1, 0.15) is 0 Å². The fraction of sp³-hybridized carbons (Fsp3) is 0.267. The van der Waals surface area contributed by atoms with E-state index in [1.807, 2.05) is 43.3 Å². The predicted molar refractivity (Wildman–Crippen MR) is 71.4 cm³/mol. The maximum absolute atomic E-state index is 11.9. The van der Waals surface area contributed by atoms with Gasteiger partial charge in [-0.3, -0.25) is 4.79 Å². The first-order valence-corrected chi connectivity index (χ1v) is 6.04. The van der Waals surface area contributed by atoms with Gasteiger partial charge in [0.2, 0.25) is 0 Å². The van der Waals surface area contributed by atoms with Gasteiger partial charge in [-0.25, -0.2) is 0 Å². The summed E-state index contributed by atoms with van der Waals surface area (Å²) in [7, 11) is 0. The van der Waals surface area contributed by atoms with E-state index in [0.29, 0.717) is 6.42 Å². The van der Waals surface area contributed by atoms with E-state index >= 15 is 0 Å². The lowest BCUT2D eigenvalue weighted by Crippen LogP contribution is -2.17. The molecule has 2 nitrogen and oxygen atoms in total. The standard InChI is InChI=1S/C15H17NO/c1-2-16-10-9-15(17)14-8-7-12-5-3-4-6-13(12)11-14/h3-8,11,16H,2,9-10H2,1H3. The van der Waals surface area contributed by atoms with Crippen molar-refractivity contribution in [3.63, 3.8) is 0 Å². The Morgan fingerprint density at radius 3 is 2.65 bits per heavy atom. The van der Waals surface area contributed by atoms with Gasteiger partial charge in [0.15, 0.2) is 5.78 Å². The molecule has 0 aliphatic carbocycles. The Morgan fingerprint density at radius 1 is 1.12 bits per heavy atom. The van der Waals surface area contributed by atoms with Crippen molar-refractivity contribution in [1.29, 1.82) is 0 Å². The highest BCUT2D eigenvalue weighted by molar-refractivity contribution is 6.00. The summed E-state index contributed by atoms with van der Waals surface area (Å²) in [5.74, 6) is 0.205. The van der Waals surface area contributed by atoms with Gasteiger partial charge in [0.05, 0.1) is 0 Å². The highest BCUT2D eigenvalue weighted by atomic mass is 16.1. The van der Waals surface area contributed by atoms with Crippen molar-refractivity contribution in [2.45, 2.75) is 13.3 Å². The minimum Gasteiger partial charge on any atom is -0.317 e. The van der Waals surface area contributed by atoms with Crippen LogP contribution in [0.2, 0.25) is 0 Å². The highest BCUT2D eigenvalue weighted by Crippen LogP contribution is 2.16. The van der Waals surface area contributed by atoms with E-state index in [-0.39, 0.29) is 5.78 Å². The molecule has 88 valence electrons. The van der Waals surface area contributed by atoms with Gasteiger partial charge >= 0.3 is 0 Å². The van der Waals surface area contributed by atoms with Gasteiger partial charge in [0.25, 0.3) is 0 Å². The van der Waals surface area contributed by atoms with E-state index < -0.39 is 0 Å². The largest absolute Gasteiger partial charge is 0.317 e. The molecule has 2 aromatic carbocycles. The van der Waals surface area contributed by atoms with Gasteiger partial charge in [-0.2, -0.15) is 0 Å². The van der Waals surface area contributed by atoms with Crippen LogP contribution in [-0.4, -0.2) is 18.9 Å². The molecule has 0 aliphatic heterocycles. The molecule has 0 radical (unpaired) electrons. The SMILES string of the molecule is CCNCCC(=O)c1ccc2ccccc2c1. The van der Waals surface area contributed by atoms with E-state index in [0.717, 1.165) is 24.0 Å². The van der Waals surface area contributed by atoms with Crippen LogP contribution in [0, 0.1) is 0 Å². The third-order valence-corrected chi connectivity index (χ3v) is 2.85. The topological polar surface area (TPSA) is 29.1 Å². The first-order chi connectivity index (χ1) is 8.31. The molecule has 0 heterocycles. The zero-order valence-corrected chi connectivity index (χ0v) is 10.1. The van der Waals surface area contributed by atoms with Crippen molar-refractivity contribution in [3.8, 4) is 0 Å². The maximum Gasteiger partial charge on any atom is 0.164 e. The number of nitrogens with one attached hydrogen (secondary N) is 1. The van der Waals surface area contributed by atoms with Crippen molar-refractivity contribution in [1.82, 2.24) is 5.32 Å².